The minimum absolute atomic E-state index is 0.262. The van der Waals surface area contributed by atoms with Crippen LogP contribution in [0.2, 0.25) is 0 Å². The summed E-state index contributed by atoms with van der Waals surface area (Å²) in [5.74, 6) is 0.262. The van der Waals surface area contributed by atoms with Crippen LogP contribution in [0.5, 0.6) is 5.75 Å². The van der Waals surface area contributed by atoms with Gasteiger partial charge in [-0.1, -0.05) is 146 Å². The van der Waals surface area contributed by atoms with Crippen molar-refractivity contribution in [1.29, 1.82) is 0 Å². The molecule has 1 aromatic heterocycles. The number of phenols is 1. The van der Waals surface area contributed by atoms with Gasteiger partial charge in [0.25, 0.3) is 0 Å². The molecule has 9 aromatic carbocycles. The quantitative estimate of drug-likeness (QED) is 0.169. The van der Waals surface area contributed by atoms with Crippen molar-refractivity contribution in [3.63, 3.8) is 0 Å². The average Bonchev–Trinajstić information content (AvgIpc) is 3.62. The lowest BCUT2D eigenvalue weighted by Crippen LogP contribution is -2.09. The first kappa shape index (κ1) is 33.9. The van der Waals surface area contributed by atoms with Gasteiger partial charge in [-0.25, -0.2) is 0 Å². The normalized spacial score (nSPS) is 11.2. The number of phenolic OH excluding ortho intramolecular Hbond substituents is 1. The molecular weight excluding hydrogens is 693 g/mol. The highest BCUT2D eigenvalue weighted by Crippen LogP contribution is 2.39. The van der Waals surface area contributed by atoms with Gasteiger partial charge in [0.2, 0.25) is 0 Å². The van der Waals surface area contributed by atoms with Crippen LogP contribution in [-0.4, -0.2) is 9.67 Å². The summed E-state index contributed by atoms with van der Waals surface area (Å²) >= 11 is 0. The van der Waals surface area contributed by atoms with Gasteiger partial charge in [0.05, 0.1) is 11.0 Å². The number of nitrogens with zero attached hydrogens (tertiary/aromatic N) is 2. The van der Waals surface area contributed by atoms with Gasteiger partial charge >= 0.3 is 0 Å². The molecule has 10 rings (SSSR count). The van der Waals surface area contributed by atoms with Crippen LogP contribution in [0.1, 0.15) is 0 Å². The van der Waals surface area contributed by atoms with Crippen molar-refractivity contribution < 1.29 is 5.11 Å². The van der Waals surface area contributed by atoms with Crippen molar-refractivity contribution in [2.45, 2.75) is 0 Å². The second kappa shape index (κ2) is 14.6. The maximum Gasteiger partial charge on any atom is 0.115 e. The molecule has 3 nitrogen and oxygen atoms in total. The molecule has 0 radical (unpaired) electrons. The smallest absolute Gasteiger partial charge is 0.115 e. The highest BCUT2D eigenvalue weighted by atomic mass is 16.3. The zero-order valence-electron chi connectivity index (χ0n) is 31.2. The van der Waals surface area contributed by atoms with E-state index in [-0.39, 0.29) is 5.75 Å². The SMILES string of the molecule is Oc1ccc(-n2c3ccccc3c3cc(-c4ccc(-c5ccc(N(c6ccc(-c7ccccc7)cc6)c6ccc(-c7ccccc7)cc6)cc5)cc4)ccc32)cc1. The van der Waals surface area contributed by atoms with E-state index in [1.165, 1.54) is 49.7 Å². The Morgan fingerprint density at radius 1 is 0.298 bits per heavy atom. The molecule has 10 aromatic rings. The number of fused-ring (bicyclic) bond motifs is 3. The first-order valence-corrected chi connectivity index (χ1v) is 19.3. The molecule has 0 aliphatic carbocycles. The average molecular weight is 731 g/mol. The third kappa shape index (κ3) is 6.52. The molecule has 0 aliphatic heterocycles. The summed E-state index contributed by atoms with van der Waals surface area (Å²) in [7, 11) is 0. The Morgan fingerprint density at radius 2 is 0.667 bits per heavy atom. The topological polar surface area (TPSA) is 28.4 Å². The van der Waals surface area contributed by atoms with Crippen LogP contribution < -0.4 is 4.90 Å². The Bertz CT molecular complexity index is 2870. The van der Waals surface area contributed by atoms with Crippen molar-refractivity contribution >= 4 is 38.9 Å². The third-order valence-corrected chi connectivity index (χ3v) is 10.9. The van der Waals surface area contributed by atoms with Crippen molar-refractivity contribution in [2.24, 2.45) is 0 Å². The minimum Gasteiger partial charge on any atom is -0.508 e. The number of para-hydroxylation sites is 1. The number of hydrogen-bond donors (Lipinski definition) is 1. The summed E-state index contributed by atoms with van der Waals surface area (Å²) in [6.45, 7) is 0. The zero-order chi connectivity index (χ0) is 38.1. The Labute approximate surface area is 332 Å². The van der Waals surface area contributed by atoms with Gasteiger partial charge in [-0.3, -0.25) is 0 Å². The molecule has 0 aliphatic rings. The van der Waals surface area contributed by atoms with E-state index in [2.05, 4.69) is 210 Å². The summed E-state index contributed by atoms with van der Waals surface area (Å²) in [4.78, 5) is 2.32. The molecule has 0 saturated carbocycles. The summed E-state index contributed by atoms with van der Waals surface area (Å²) < 4.78 is 2.27. The van der Waals surface area contributed by atoms with E-state index in [0.29, 0.717) is 0 Å². The summed E-state index contributed by atoms with van der Waals surface area (Å²) in [5, 5.41) is 12.3. The van der Waals surface area contributed by atoms with Crippen LogP contribution in [0, 0.1) is 0 Å². The number of aromatic nitrogens is 1. The molecular formula is C54H38N2O. The summed E-state index contributed by atoms with van der Waals surface area (Å²) in [5.41, 5.74) is 16.1. The molecule has 0 amide bonds. The van der Waals surface area contributed by atoms with Crippen molar-refractivity contribution in [1.82, 2.24) is 4.57 Å². The van der Waals surface area contributed by atoms with Crippen molar-refractivity contribution in [3.8, 4) is 55.9 Å². The molecule has 57 heavy (non-hydrogen) atoms. The van der Waals surface area contributed by atoms with Crippen LogP contribution in [-0.2, 0) is 0 Å². The second-order valence-corrected chi connectivity index (χ2v) is 14.4. The summed E-state index contributed by atoms with van der Waals surface area (Å²) in [6, 6.07) is 79.1. The monoisotopic (exact) mass is 730 g/mol. The molecule has 1 heterocycles. The fourth-order valence-corrected chi connectivity index (χ4v) is 8.00. The number of aromatic hydroxyl groups is 1. The molecule has 0 atom stereocenters. The van der Waals surface area contributed by atoms with E-state index in [4.69, 9.17) is 0 Å². The van der Waals surface area contributed by atoms with E-state index in [0.717, 1.165) is 39.3 Å². The number of hydrogen-bond acceptors (Lipinski definition) is 2. The standard InChI is InChI=1S/C54H38N2O/c57-50-34-32-49(33-35-50)56-53-14-8-7-13-51(53)52-37-45(25-36-54(52)56)44-17-15-40(16-18-44)43-23-30-48(31-24-43)55(46-26-19-41(20-27-46)38-9-3-1-4-10-38)47-28-21-42(22-29-47)39-11-5-2-6-12-39/h1-37,57H. The second-order valence-electron chi connectivity index (χ2n) is 14.4. The third-order valence-electron chi connectivity index (χ3n) is 10.9. The van der Waals surface area contributed by atoms with Crippen molar-refractivity contribution in [2.75, 3.05) is 4.90 Å². The largest absolute Gasteiger partial charge is 0.508 e. The van der Waals surface area contributed by atoms with Gasteiger partial charge in [-0.15, -0.1) is 0 Å². The van der Waals surface area contributed by atoms with E-state index in [1.54, 1.807) is 12.1 Å². The van der Waals surface area contributed by atoms with Crippen molar-refractivity contribution in [3.05, 3.63) is 224 Å². The maximum absolute atomic E-state index is 9.92. The van der Waals surface area contributed by atoms with Crippen LogP contribution in [0.15, 0.2) is 224 Å². The molecule has 3 heteroatoms. The number of anilines is 3. The Kier molecular flexibility index (Phi) is 8.66. The fraction of sp³-hybridized carbons (Fsp3) is 0. The molecule has 0 fully saturated rings. The molecule has 270 valence electrons. The van der Waals surface area contributed by atoms with Gasteiger partial charge in [0.1, 0.15) is 5.75 Å². The van der Waals surface area contributed by atoms with Gasteiger partial charge < -0.3 is 14.6 Å². The highest BCUT2D eigenvalue weighted by molar-refractivity contribution is 6.10. The minimum atomic E-state index is 0.262. The summed E-state index contributed by atoms with van der Waals surface area (Å²) in [6.07, 6.45) is 0. The molecule has 0 saturated heterocycles. The van der Waals surface area contributed by atoms with E-state index >= 15 is 0 Å². The molecule has 0 unspecified atom stereocenters. The molecule has 0 spiro atoms. The fourth-order valence-electron chi connectivity index (χ4n) is 8.00. The van der Waals surface area contributed by atoms with E-state index in [9.17, 15) is 5.11 Å². The highest BCUT2D eigenvalue weighted by Gasteiger charge is 2.16. The first-order valence-electron chi connectivity index (χ1n) is 19.3. The van der Waals surface area contributed by atoms with E-state index < -0.39 is 0 Å². The van der Waals surface area contributed by atoms with Crippen LogP contribution >= 0.6 is 0 Å². The van der Waals surface area contributed by atoms with Gasteiger partial charge in [-0.2, -0.15) is 0 Å². The van der Waals surface area contributed by atoms with Crippen LogP contribution in [0.4, 0.5) is 17.1 Å². The maximum atomic E-state index is 9.92. The predicted octanol–water partition coefficient (Wildman–Crippen LogP) is 14.6. The lowest BCUT2D eigenvalue weighted by atomic mass is 9.98. The number of rotatable bonds is 8. The molecule has 1 N–H and O–H groups in total. The molecule has 0 bridgehead atoms. The first-order chi connectivity index (χ1) is 28.2. The Morgan fingerprint density at radius 3 is 1.16 bits per heavy atom. The van der Waals surface area contributed by atoms with Gasteiger partial charge in [-0.05, 0) is 123 Å². The lowest BCUT2D eigenvalue weighted by Gasteiger charge is -2.26. The lowest BCUT2D eigenvalue weighted by molar-refractivity contribution is 0.475. The van der Waals surface area contributed by atoms with Gasteiger partial charge in [0.15, 0.2) is 0 Å². The van der Waals surface area contributed by atoms with E-state index in [1.807, 2.05) is 12.1 Å². The Balaban J connectivity index is 0.957. The predicted molar refractivity (Wildman–Crippen MR) is 239 cm³/mol. The zero-order valence-corrected chi connectivity index (χ0v) is 31.2. The van der Waals surface area contributed by atoms with Crippen LogP contribution in [0.25, 0.3) is 72.0 Å². The Hall–Kier alpha value is -7.62. The van der Waals surface area contributed by atoms with Crippen LogP contribution in [0.3, 0.4) is 0 Å². The number of benzene rings is 9. The van der Waals surface area contributed by atoms with Gasteiger partial charge in [0, 0.05) is 33.5 Å².